The van der Waals surface area contributed by atoms with Crippen molar-refractivity contribution in [2.24, 2.45) is 0 Å². The van der Waals surface area contributed by atoms with Gasteiger partial charge in [0.05, 0.1) is 4.90 Å². The van der Waals surface area contributed by atoms with E-state index in [1.165, 1.54) is 18.2 Å². The smallest absolute Gasteiger partial charge is 0.261 e. The summed E-state index contributed by atoms with van der Waals surface area (Å²) in [6.45, 7) is 1.98. The Hall–Kier alpha value is -0.440. The number of benzene rings is 1. The Balaban J connectivity index is 2.94. The van der Waals surface area contributed by atoms with Gasteiger partial charge in [-0.05, 0) is 25.1 Å². The van der Waals surface area contributed by atoms with Gasteiger partial charge >= 0.3 is 0 Å². The molecule has 1 amide bonds. The van der Waals surface area contributed by atoms with Crippen LogP contribution < -0.4 is 5.32 Å². The van der Waals surface area contributed by atoms with Crippen LogP contribution in [0.4, 0.5) is 0 Å². The number of halogens is 2. The van der Waals surface area contributed by atoms with Crippen molar-refractivity contribution in [1.82, 2.24) is 5.32 Å². The molecule has 0 saturated carbocycles. The molecule has 5 nitrogen and oxygen atoms in total. The van der Waals surface area contributed by atoms with Crippen molar-refractivity contribution >= 4 is 52.4 Å². The lowest BCUT2D eigenvalue weighted by Crippen LogP contribution is -2.32. The van der Waals surface area contributed by atoms with Crippen LogP contribution in [0.1, 0.15) is 17.3 Å². The van der Waals surface area contributed by atoms with Gasteiger partial charge < -0.3 is 5.32 Å². The number of carbonyl (C=O) groups is 1. The first-order valence-electron chi connectivity index (χ1n) is 5.47. The van der Waals surface area contributed by atoms with E-state index in [1.807, 2.05) is 0 Å². The molecule has 0 bridgehead atoms. The fourth-order valence-corrected chi connectivity index (χ4v) is 3.06. The number of nitrogens with one attached hydrogen (secondary N) is 1. The Morgan fingerprint density at radius 3 is 2.55 bits per heavy atom. The number of rotatable bonds is 5. The van der Waals surface area contributed by atoms with Crippen molar-refractivity contribution in [2.75, 3.05) is 12.8 Å². The van der Waals surface area contributed by atoms with Gasteiger partial charge in [0.15, 0.2) is 0 Å². The van der Waals surface area contributed by atoms with Gasteiger partial charge in [-0.3, -0.25) is 9.00 Å². The predicted octanol–water partition coefficient (Wildman–Crippen LogP) is 1.87. The van der Waals surface area contributed by atoms with E-state index in [4.69, 9.17) is 10.7 Å². The van der Waals surface area contributed by atoms with Crippen molar-refractivity contribution in [1.29, 1.82) is 0 Å². The lowest BCUT2D eigenvalue weighted by atomic mass is 10.2. The third-order valence-electron chi connectivity index (χ3n) is 2.53. The highest BCUT2D eigenvalue weighted by Gasteiger charge is 2.16. The van der Waals surface area contributed by atoms with Gasteiger partial charge in [0.25, 0.3) is 15.0 Å². The largest absolute Gasteiger partial charge is 0.351 e. The zero-order valence-corrected chi connectivity index (χ0v) is 14.7. The summed E-state index contributed by atoms with van der Waals surface area (Å²) in [6, 6.07) is 3.98. The van der Waals surface area contributed by atoms with Gasteiger partial charge in [-0.1, -0.05) is 15.9 Å². The molecule has 1 rings (SSSR count). The molecule has 0 spiro atoms. The van der Waals surface area contributed by atoms with E-state index < -0.39 is 25.8 Å². The lowest BCUT2D eigenvalue weighted by molar-refractivity contribution is 0.0954. The SMILES string of the molecule is CC(CNC(=O)c1cc(Br)cc(S(=O)(=O)Cl)c1)S(C)=O. The third kappa shape index (κ3) is 5.16. The normalized spacial score (nSPS) is 14.6. The highest BCUT2D eigenvalue weighted by Crippen LogP contribution is 2.22. The number of hydrogen-bond donors (Lipinski definition) is 1. The molecular weight excluding hydrogens is 390 g/mol. The van der Waals surface area contributed by atoms with Gasteiger partial charge in [0.2, 0.25) is 0 Å². The van der Waals surface area contributed by atoms with Crippen molar-refractivity contribution in [3.8, 4) is 0 Å². The maximum atomic E-state index is 11.9. The van der Waals surface area contributed by atoms with E-state index in [0.29, 0.717) is 4.47 Å². The van der Waals surface area contributed by atoms with E-state index in [9.17, 15) is 17.4 Å². The van der Waals surface area contributed by atoms with E-state index in [-0.39, 0.29) is 22.3 Å². The monoisotopic (exact) mass is 401 g/mol. The second-order valence-corrected chi connectivity index (χ2v) is 9.42. The Labute approximate surface area is 133 Å². The summed E-state index contributed by atoms with van der Waals surface area (Å²) in [5, 5.41) is 2.40. The van der Waals surface area contributed by atoms with Crippen LogP contribution in [0.5, 0.6) is 0 Å². The summed E-state index contributed by atoms with van der Waals surface area (Å²) in [4.78, 5) is 11.8. The molecule has 1 aromatic carbocycles. The van der Waals surface area contributed by atoms with Crippen LogP contribution in [-0.4, -0.2) is 36.6 Å². The van der Waals surface area contributed by atoms with Crippen LogP contribution >= 0.6 is 26.6 Å². The Bertz CT molecular complexity index is 648. The topological polar surface area (TPSA) is 80.3 Å². The zero-order valence-electron chi connectivity index (χ0n) is 10.7. The average molecular weight is 403 g/mol. The fourth-order valence-electron chi connectivity index (χ4n) is 1.29. The molecule has 0 saturated heterocycles. The molecule has 9 heteroatoms. The van der Waals surface area contributed by atoms with Crippen LogP contribution in [0.25, 0.3) is 0 Å². The van der Waals surface area contributed by atoms with Crippen molar-refractivity contribution < 1.29 is 17.4 Å². The summed E-state index contributed by atoms with van der Waals surface area (Å²) in [7, 11) is 0.296. The first-order chi connectivity index (χ1) is 9.11. The standard InChI is InChI=1S/C11H13BrClNO4S2/c1-7(19(2)16)6-14-11(15)8-3-9(12)5-10(4-8)20(13,17)18/h3-5,7H,6H2,1-2H3,(H,14,15). The molecule has 112 valence electrons. The molecule has 0 aliphatic carbocycles. The van der Waals surface area contributed by atoms with Crippen molar-refractivity contribution in [3.05, 3.63) is 28.2 Å². The van der Waals surface area contributed by atoms with Gasteiger partial charge in [0.1, 0.15) is 0 Å². The van der Waals surface area contributed by atoms with E-state index in [0.717, 1.165) is 0 Å². The molecule has 20 heavy (non-hydrogen) atoms. The van der Waals surface area contributed by atoms with E-state index in [1.54, 1.807) is 13.2 Å². The minimum absolute atomic E-state index is 0.160. The summed E-state index contributed by atoms with van der Waals surface area (Å²) >= 11 is 3.13. The lowest BCUT2D eigenvalue weighted by Gasteiger charge is -2.10. The number of hydrogen-bond acceptors (Lipinski definition) is 4. The van der Waals surface area contributed by atoms with Crippen LogP contribution in [0.3, 0.4) is 0 Å². The zero-order chi connectivity index (χ0) is 15.5. The molecule has 2 atom stereocenters. The molecule has 1 N–H and O–H groups in total. The van der Waals surface area contributed by atoms with Crippen molar-refractivity contribution in [2.45, 2.75) is 17.1 Å². The van der Waals surface area contributed by atoms with E-state index >= 15 is 0 Å². The average Bonchev–Trinajstić information content (AvgIpc) is 2.33. The first kappa shape index (κ1) is 17.6. The highest BCUT2D eigenvalue weighted by atomic mass is 79.9. The molecular formula is C11H13BrClNO4S2. The van der Waals surface area contributed by atoms with Crippen LogP contribution in [0, 0.1) is 0 Å². The Morgan fingerprint density at radius 2 is 2.05 bits per heavy atom. The Morgan fingerprint density at radius 1 is 1.45 bits per heavy atom. The highest BCUT2D eigenvalue weighted by molar-refractivity contribution is 9.10. The van der Waals surface area contributed by atoms with Crippen LogP contribution in [-0.2, 0) is 19.9 Å². The summed E-state index contributed by atoms with van der Waals surface area (Å²) in [5.74, 6) is -0.454. The summed E-state index contributed by atoms with van der Waals surface area (Å²) in [5.41, 5.74) is 0.160. The molecule has 0 aliphatic heterocycles. The molecule has 0 radical (unpaired) electrons. The second kappa shape index (κ2) is 7.02. The van der Waals surface area contributed by atoms with Gasteiger partial charge in [-0.2, -0.15) is 0 Å². The van der Waals surface area contributed by atoms with Crippen LogP contribution in [0.15, 0.2) is 27.6 Å². The molecule has 0 aromatic heterocycles. The minimum atomic E-state index is -3.91. The Kier molecular flexibility index (Phi) is 6.18. The molecule has 0 heterocycles. The molecule has 1 aromatic rings. The summed E-state index contributed by atoms with van der Waals surface area (Å²) in [6.07, 6.45) is 1.55. The second-order valence-electron chi connectivity index (χ2n) is 4.13. The first-order valence-corrected chi connectivity index (χ1v) is 10.2. The van der Waals surface area contributed by atoms with Crippen LogP contribution in [0.2, 0.25) is 0 Å². The number of carbonyl (C=O) groups excluding carboxylic acids is 1. The molecule has 2 unspecified atom stereocenters. The minimum Gasteiger partial charge on any atom is -0.351 e. The van der Waals surface area contributed by atoms with Gasteiger partial charge in [-0.25, -0.2) is 8.42 Å². The maximum Gasteiger partial charge on any atom is 0.261 e. The van der Waals surface area contributed by atoms with Crippen molar-refractivity contribution in [3.63, 3.8) is 0 Å². The van der Waals surface area contributed by atoms with E-state index in [2.05, 4.69) is 21.2 Å². The fraction of sp³-hybridized carbons (Fsp3) is 0.364. The third-order valence-corrected chi connectivity index (χ3v) is 5.62. The quantitative estimate of drug-likeness (QED) is 0.763. The van der Waals surface area contributed by atoms with Gasteiger partial charge in [-0.15, -0.1) is 0 Å². The number of amides is 1. The molecule has 0 fully saturated rings. The maximum absolute atomic E-state index is 11.9. The van der Waals surface area contributed by atoms with Gasteiger partial charge in [0, 0.05) is 49.6 Å². The predicted molar refractivity (Wildman–Crippen MR) is 83.0 cm³/mol. The molecule has 0 aliphatic rings. The summed E-state index contributed by atoms with van der Waals surface area (Å²) < 4.78 is 34.2.